The molecule has 0 aliphatic heterocycles. The van der Waals surface area contributed by atoms with E-state index in [9.17, 15) is 14.3 Å². The van der Waals surface area contributed by atoms with E-state index < -0.39 is 26.4 Å². The fourth-order valence-corrected chi connectivity index (χ4v) is 4.11. The predicted molar refractivity (Wildman–Crippen MR) is 137 cm³/mol. The highest BCUT2D eigenvalue weighted by Gasteiger charge is 2.24. The number of carboxylic acid groups (broad SMARTS) is 1. The fourth-order valence-electron chi connectivity index (χ4n) is 3.32. The number of hydrogen-bond donors (Lipinski definition) is 3. The molecule has 4 N–H and O–H groups in total. The number of carbonyl (C=O) groups is 1. The lowest BCUT2D eigenvalue weighted by Crippen LogP contribution is -2.34. The van der Waals surface area contributed by atoms with Crippen LogP contribution in [0.2, 0.25) is 0 Å². The number of rotatable bonds is 26. The molecule has 0 heterocycles. The highest BCUT2D eigenvalue weighted by molar-refractivity contribution is 7.47. The molecule has 9 heteroatoms. The van der Waals surface area contributed by atoms with Gasteiger partial charge in [0.1, 0.15) is 6.04 Å². The molecule has 0 aromatic rings. The van der Waals surface area contributed by atoms with E-state index in [1.54, 1.807) is 0 Å². The normalized spacial score (nSPS) is 14.4. The Bertz CT molecular complexity index is 545. The van der Waals surface area contributed by atoms with E-state index >= 15 is 0 Å². The van der Waals surface area contributed by atoms with Crippen molar-refractivity contribution < 1.29 is 33.1 Å². The molecular formula is C25H50NO7P. The van der Waals surface area contributed by atoms with Crippen LogP contribution in [0.25, 0.3) is 0 Å². The molecule has 2 atom stereocenters. The van der Waals surface area contributed by atoms with E-state index in [1.807, 2.05) is 0 Å². The Morgan fingerprint density at radius 2 is 1.26 bits per heavy atom. The molecule has 0 saturated carbocycles. The summed E-state index contributed by atoms with van der Waals surface area (Å²) in [4.78, 5) is 20.0. The van der Waals surface area contributed by atoms with Crippen molar-refractivity contribution in [2.45, 2.75) is 116 Å². The highest BCUT2D eigenvalue weighted by Crippen LogP contribution is 2.43. The second kappa shape index (κ2) is 24.0. The minimum Gasteiger partial charge on any atom is -0.480 e. The number of allylic oxidation sites excluding steroid dienone is 2. The maximum absolute atomic E-state index is 11.6. The summed E-state index contributed by atoms with van der Waals surface area (Å²) in [6.45, 7) is 3.19. The van der Waals surface area contributed by atoms with Crippen LogP contribution in [-0.2, 0) is 23.1 Å². The van der Waals surface area contributed by atoms with Crippen LogP contribution >= 0.6 is 7.82 Å². The summed E-state index contributed by atoms with van der Waals surface area (Å²) in [5, 5.41) is 8.61. The molecule has 0 aromatic heterocycles. The second-order valence-electron chi connectivity index (χ2n) is 8.80. The lowest BCUT2D eigenvalue weighted by molar-refractivity contribution is -0.139. The molecule has 0 radical (unpaired) electrons. The predicted octanol–water partition coefficient (Wildman–Crippen LogP) is 6.37. The van der Waals surface area contributed by atoms with Gasteiger partial charge in [-0.3, -0.25) is 13.8 Å². The smallest absolute Gasteiger partial charge is 0.472 e. The lowest BCUT2D eigenvalue weighted by atomic mass is 10.1. The average molecular weight is 508 g/mol. The number of aliphatic carboxylic acids is 1. The van der Waals surface area contributed by atoms with Crippen LogP contribution < -0.4 is 5.73 Å². The van der Waals surface area contributed by atoms with Gasteiger partial charge in [-0.25, -0.2) is 4.57 Å². The maximum Gasteiger partial charge on any atom is 0.472 e. The zero-order valence-electron chi connectivity index (χ0n) is 21.3. The monoisotopic (exact) mass is 507 g/mol. The van der Waals surface area contributed by atoms with Gasteiger partial charge >= 0.3 is 13.8 Å². The molecule has 0 rings (SSSR count). The molecule has 0 aromatic carbocycles. The molecule has 8 nitrogen and oxygen atoms in total. The van der Waals surface area contributed by atoms with E-state index in [4.69, 9.17) is 20.1 Å². The van der Waals surface area contributed by atoms with E-state index in [0.29, 0.717) is 13.0 Å². The summed E-state index contributed by atoms with van der Waals surface area (Å²) in [6.07, 6.45) is 23.7. The van der Waals surface area contributed by atoms with Crippen LogP contribution in [0, 0.1) is 0 Å². The third kappa shape index (κ3) is 24.4. The van der Waals surface area contributed by atoms with Crippen molar-refractivity contribution in [2.24, 2.45) is 5.73 Å². The largest absolute Gasteiger partial charge is 0.480 e. The van der Waals surface area contributed by atoms with Crippen molar-refractivity contribution in [3.05, 3.63) is 12.2 Å². The SMILES string of the molecule is CCCCCCCC/C=C/CCCCCCCOCCCCCOP(=O)(O)OC[C@@H](N)C(=O)O. The summed E-state index contributed by atoms with van der Waals surface area (Å²) < 4.78 is 26.6. The second-order valence-corrected chi connectivity index (χ2v) is 10.3. The van der Waals surface area contributed by atoms with Crippen LogP contribution in [-0.4, -0.2) is 48.4 Å². The first kappa shape index (κ1) is 33.2. The Morgan fingerprint density at radius 1 is 0.794 bits per heavy atom. The van der Waals surface area contributed by atoms with Crippen LogP contribution in [0.15, 0.2) is 12.2 Å². The van der Waals surface area contributed by atoms with E-state index in [1.165, 1.54) is 77.0 Å². The highest BCUT2D eigenvalue weighted by atomic mass is 31.2. The van der Waals surface area contributed by atoms with Gasteiger partial charge in [-0.2, -0.15) is 0 Å². The fraction of sp³-hybridized carbons (Fsp3) is 0.880. The van der Waals surface area contributed by atoms with Gasteiger partial charge in [0.2, 0.25) is 0 Å². The van der Waals surface area contributed by atoms with Gasteiger partial charge in [-0.1, -0.05) is 70.4 Å². The molecule has 0 fully saturated rings. The van der Waals surface area contributed by atoms with Gasteiger partial charge in [0.05, 0.1) is 13.2 Å². The number of unbranched alkanes of at least 4 members (excludes halogenated alkanes) is 13. The Morgan fingerprint density at radius 3 is 1.82 bits per heavy atom. The number of nitrogens with two attached hydrogens (primary N) is 1. The van der Waals surface area contributed by atoms with Crippen LogP contribution in [0.3, 0.4) is 0 Å². The van der Waals surface area contributed by atoms with Gasteiger partial charge in [0, 0.05) is 13.2 Å². The summed E-state index contributed by atoms with van der Waals surface area (Å²) >= 11 is 0. The minimum absolute atomic E-state index is 0.0598. The van der Waals surface area contributed by atoms with Crippen LogP contribution in [0.5, 0.6) is 0 Å². The quantitative estimate of drug-likeness (QED) is 0.0700. The van der Waals surface area contributed by atoms with Crippen molar-refractivity contribution in [3.63, 3.8) is 0 Å². The average Bonchev–Trinajstić information content (AvgIpc) is 2.80. The van der Waals surface area contributed by atoms with Crippen molar-refractivity contribution in [3.8, 4) is 0 Å². The van der Waals surface area contributed by atoms with Crippen molar-refractivity contribution in [1.82, 2.24) is 0 Å². The zero-order valence-corrected chi connectivity index (χ0v) is 22.2. The summed E-state index contributed by atoms with van der Waals surface area (Å²) in [5.74, 6) is -1.30. The summed E-state index contributed by atoms with van der Waals surface area (Å²) in [6, 6.07) is -1.36. The van der Waals surface area contributed by atoms with Crippen LogP contribution in [0.1, 0.15) is 110 Å². The van der Waals surface area contributed by atoms with Crippen molar-refractivity contribution in [2.75, 3.05) is 26.4 Å². The molecule has 0 spiro atoms. The van der Waals surface area contributed by atoms with E-state index in [2.05, 4.69) is 23.6 Å². The van der Waals surface area contributed by atoms with Gasteiger partial charge in [-0.15, -0.1) is 0 Å². The molecule has 202 valence electrons. The Balaban J connectivity index is 3.30. The number of phosphoric ester groups is 1. The van der Waals surface area contributed by atoms with Crippen LogP contribution in [0.4, 0.5) is 0 Å². The molecule has 0 aliphatic rings. The third-order valence-corrected chi connectivity index (χ3v) is 6.46. The maximum atomic E-state index is 11.6. The molecule has 34 heavy (non-hydrogen) atoms. The number of carboxylic acids is 1. The Labute approximate surface area is 207 Å². The topological polar surface area (TPSA) is 128 Å². The molecular weight excluding hydrogens is 457 g/mol. The molecule has 1 unspecified atom stereocenters. The van der Waals surface area contributed by atoms with Crippen molar-refractivity contribution >= 4 is 13.8 Å². The first-order valence-corrected chi connectivity index (χ1v) is 14.7. The standard InChI is InChI=1S/C25H50NO7P/c1-2-3-4-5-6-7-8-9-10-11-12-13-14-15-17-20-31-21-18-16-19-22-32-34(29,30)33-23-24(26)25(27)28/h9-10,24H,2-8,11-23,26H2,1H3,(H,27,28)(H,29,30)/b10-9+/t24-/m1/s1. The van der Waals surface area contributed by atoms with Gasteiger partial charge < -0.3 is 20.5 Å². The summed E-state index contributed by atoms with van der Waals surface area (Å²) in [5.41, 5.74) is 5.21. The lowest BCUT2D eigenvalue weighted by Gasteiger charge is -2.13. The molecule has 0 amide bonds. The van der Waals surface area contributed by atoms with Gasteiger partial charge in [0.25, 0.3) is 0 Å². The first-order valence-electron chi connectivity index (χ1n) is 13.2. The van der Waals surface area contributed by atoms with E-state index in [0.717, 1.165) is 25.9 Å². The minimum atomic E-state index is -4.26. The Kier molecular flexibility index (Phi) is 23.4. The van der Waals surface area contributed by atoms with Gasteiger partial charge in [-0.05, 0) is 51.4 Å². The van der Waals surface area contributed by atoms with Crippen molar-refractivity contribution in [1.29, 1.82) is 0 Å². The summed E-state index contributed by atoms with van der Waals surface area (Å²) in [7, 11) is -4.26. The molecule has 0 bridgehead atoms. The molecule has 0 aliphatic carbocycles. The number of hydrogen-bond acceptors (Lipinski definition) is 6. The zero-order chi connectivity index (χ0) is 25.3. The first-order chi connectivity index (χ1) is 16.4. The molecule has 0 saturated heterocycles. The Hall–Kier alpha value is -0.760. The number of phosphoric acid groups is 1. The van der Waals surface area contributed by atoms with E-state index in [-0.39, 0.29) is 6.61 Å². The third-order valence-electron chi connectivity index (χ3n) is 5.47. The number of ether oxygens (including phenoxy) is 1. The van der Waals surface area contributed by atoms with Gasteiger partial charge in [0.15, 0.2) is 0 Å².